The largest absolute Gasteiger partial charge is 0.493 e. The molecule has 0 radical (unpaired) electrons. The zero-order valence-corrected chi connectivity index (χ0v) is 25.4. The molecule has 0 unspecified atom stereocenters. The maximum Gasteiger partial charge on any atom is 0.264 e. The van der Waals surface area contributed by atoms with Crippen LogP contribution in [0.15, 0.2) is 71.6 Å². The summed E-state index contributed by atoms with van der Waals surface area (Å²) in [5.74, 6) is -0.856. The SMILES string of the molecule is CCCCNC(=O)[C@@H](C)N(Cc1ccc(F)cc1)C(=O)CN(c1ccc(C)cc1)S(=O)(=O)c1ccc(OC)c(OC)c1. The Balaban J connectivity index is 2.03. The van der Waals surface area contributed by atoms with E-state index in [2.05, 4.69) is 5.32 Å². The molecule has 11 heteroatoms. The molecule has 3 aromatic rings. The lowest BCUT2D eigenvalue weighted by Crippen LogP contribution is -2.51. The molecule has 3 aromatic carbocycles. The lowest BCUT2D eigenvalue weighted by molar-refractivity contribution is -0.139. The molecule has 3 rings (SSSR count). The van der Waals surface area contributed by atoms with Gasteiger partial charge in [0.2, 0.25) is 11.8 Å². The number of unbranched alkanes of at least 4 members (excludes halogenated alkanes) is 1. The number of anilines is 1. The van der Waals surface area contributed by atoms with Crippen molar-refractivity contribution in [3.8, 4) is 11.5 Å². The summed E-state index contributed by atoms with van der Waals surface area (Å²) in [4.78, 5) is 28.2. The third kappa shape index (κ3) is 8.00. The summed E-state index contributed by atoms with van der Waals surface area (Å²) in [5, 5.41) is 2.83. The fourth-order valence-electron chi connectivity index (χ4n) is 4.25. The maximum atomic E-state index is 14.1. The number of aryl methyl sites for hydroxylation is 1. The summed E-state index contributed by atoms with van der Waals surface area (Å²) in [6.45, 7) is 5.28. The van der Waals surface area contributed by atoms with Crippen molar-refractivity contribution < 1.29 is 31.9 Å². The van der Waals surface area contributed by atoms with Crippen molar-refractivity contribution in [2.75, 3.05) is 31.6 Å². The van der Waals surface area contributed by atoms with Crippen molar-refractivity contribution in [2.24, 2.45) is 0 Å². The number of benzene rings is 3. The summed E-state index contributed by atoms with van der Waals surface area (Å²) in [5.41, 5.74) is 1.76. The van der Waals surface area contributed by atoms with Crippen molar-refractivity contribution in [2.45, 2.75) is 51.1 Å². The van der Waals surface area contributed by atoms with Crippen molar-refractivity contribution >= 4 is 27.5 Å². The summed E-state index contributed by atoms with van der Waals surface area (Å²) in [6.07, 6.45) is 1.65. The van der Waals surface area contributed by atoms with E-state index in [0.717, 1.165) is 22.7 Å². The summed E-state index contributed by atoms with van der Waals surface area (Å²) in [6, 6.07) is 15.6. The van der Waals surface area contributed by atoms with Crippen molar-refractivity contribution in [1.82, 2.24) is 10.2 Å². The average Bonchev–Trinajstić information content (AvgIpc) is 2.99. The van der Waals surface area contributed by atoms with Crippen LogP contribution in [0.1, 0.15) is 37.8 Å². The third-order valence-corrected chi connectivity index (χ3v) is 8.58. The molecule has 0 aliphatic carbocycles. The number of nitrogens with zero attached hydrogens (tertiary/aromatic N) is 2. The van der Waals surface area contributed by atoms with Gasteiger partial charge in [0.05, 0.1) is 24.8 Å². The molecule has 0 aliphatic heterocycles. The molecule has 2 amide bonds. The minimum absolute atomic E-state index is 0.0282. The molecule has 0 fully saturated rings. The molecular formula is C31H38FN3O6S. The van der Waals surface area contributed by atoms with Gasteiger partial charge in [-0.05, 0) is 62.2 Å². The number of rotatable bonds is 14. The monoisotopic (exact) mass is 599 g/mol. The number of amides is 2. The number of hydrogen-bond donors (Lipinski definition) is 1. The lowest BCUT2D eigenvalue weighted by atomic mass is 10.1. The van der Waals surface area contributed by atoms with E-state index < -0.39 is 34.3 Å². The van der Waals surface area contributed by atoms with Gasteiger partial charge in [-0.3, -0.25) is 13.9 Å². The Morgan fingerprint density at radius 3 is 2.19 bits per heavy atom. The molecule has 1 N–H and O–H groups in total. The highest BCUT2D eigenvalue weighted by Crippen LogP contribution is 2.32. The fourth-order valence-corrected chi connectivity index (χ4v) is 5.68. The van der Waals surface area contributed by atoms with Crippen LogP contribution < -0.4 is 19.1 Å². The van der Waals surface area contributed by atoms with Gasteiger partial charge in [-0.25, -0.2) is 12.8 Å². The normalized spacial score (nSPS) is 11.9. The van der Waals surface area contributed by atoms with Gasteiger partial charge in [-0.1, -0.05) is 43.2 Å². The first-order chi connectivity index (χ1) is 20.0. The van der Waals surface area contributed by atoms with E-state index in [0.29, 0.717) is 17.9 Å². The molecule has 0 saturated carbocycles. The van der Waals surface area contributed by atoms with Crippen LogP contribution in [0.4, 0.5) is 10.1 Å². The predicted molar refractivity (Wildman–Crippen MR) is 160 cm³/mol. The second kappa shape index (κ2) is 14.7. The summed E-state index contributed by atoms with van der Waals surface area (Å²) < 4.78 is 53.3. The molecule has 0 aliphatic rings. The van der Waals surface area contributed by atoms with Gasteiger partial charge in [0.15, 0.2) is 11.5 Å². The number of methoxy groups -OCH3 is 2. The van der Waals surface area contributed by atoms with Crippen LogP contribution in [0.25, 0.3) is 0 Å². The first kappa shape index (κ1) is 32.4. The number of carbonyl (C=O) groups is 2. The Morgan fingerprint density at radius 1 is 0.952 bits per heavy atom. The lowest BCUT2D eigenvalue weighted by Gasteiger charge is -2.32. The number of carbonyl (C=O) groups excluding carboxylic acids is 2. The number of ether oxygens (including phenoxy) is 2. The van der Waals surface area contributed by atoms with Crippen molar-refractivity contribution in [3.05, 3.63) is 83.7 Å². The van der Waals surface area contributed by atoms with E-state index in [1.807, 2.05) is 13.8 Å². The van der Waals surface area contributed by atoms with Gasteiger partial charge >= 0.3 is 0 Å². The molecule has 9 nitrogen and oxygen atoms in total. The number of sulfonamides is 1. The molecule has 42 heavy (non-hydrogen) atoms. The van der Waals surface area contributed by atoms with Gasteiger partial charge in [0.25, 0.3) is 10.0 Å². The van der Waals surface area contributed by atoms with Gasteiger partial charge in [0.1, 0.15) is 18.4 Å². The smallest absolute Gasteiger partial charge is 0.264 e. The van der Waals surface area contributed by atoms with E-state index in [4.69, 9.17) is 9.47 Å². The quantitative estimate of drug-likeness (QED) is 0.270. The molecule has 0 spiro atoms. The van der Waals surface area contributed by atoms with E-state index in [1.54, 1.807) is 31.2 Å². The molecule has 226 valence electrons. The highest BCUT2D eigenvalue weighted by Gasteiger charge is 2.33. The van der Waals surface area contributed by atoms with E-state index in [9.17, 15) is 22.4 Å². The van der Waals surface area contributed by atoms with Crippen molar-refractivity contribution in [1.29, 1.82) is 0 Å². The fraction of sp³-hybridized carbons (Fsp3) is 0.355. The maximum absolute atomic E-state index is 14.1. The Morgan fingerprint density at radius 2 is 1.60 bits per heavy atom. The first-order valence-corrected chi connectivity index (χ1v) is 15.1. The van der Waals surface area contributed by atoms with Crippen LogP contribution in [-0.2, 0) is 26.2 Å². The Hall–Kier alpha value is -4.12. The second-order valence-corrected chi connectivity index (χ2v) is 11.7. The standard InChI is InChI=1S/C31H38FN3O6S/c1-6-7-18-33-31(37)23(3)34(20-24-10-12-25(32)13-11-24)30(36)21-35(26-14-8-22(2)9-15-26)42(38,39)27-16-17-28(40-4)29(19-27)41-5/h8-17,19,23H,6-7,18,20-21H2,1-5H3,(H,33,37)/t23-/m1/s1. The Labute approximate surface area is 247 Å². The third-order valence-electron chi connectivity index (χ3n) is 6.81. The predicted octanol–water partition coefficient (Wildman–Crippen LogP) is 4.68. The van der Waals surface area contributed by atoms with Crippen LogP contribution >= 0.6 is 0 Å². The Bertz CT molecular complexity index is 1460. The zero-order chi connectivity index (χ0) is 30.9. The zero-order valence-electron chi connectivity index (χ0n) is 24.6. The minimum Gasteiger partial charge on any atom is -0.493 e. The van der Waals surface area contributed by atoms with Gasteiger partial charge in [-0.2, -0.15) is 0 Å². The van der Waals surface area contributed by atoms with Crippen LogP contribution in [0.3, 0.4) is 0 Å². The molecule has 0 saturated heterocycles. The first-order valence-electron chi connectivity index (χ1n) is 13.6. The highest BCUT2D eigenvalue weighted by molar-refractivity contribution is 7.92. The van der Waals surface area contributed by atoms with Crippen LogP contribution in [0.2, 0.25) is 0 Å². The van der Waals surface area contributed by atoms with E-state index in [-0.39, 0.29) is 28.8 Å². The van der Waals surface area contributed by atoms with Crippen molar-refractivity contribution in [3.63, 3.8) is 0 Å². The highest BCUT2D eigenvalue weighted by atomic mass is 32.2. The topological polar surface area (TPSA) is 105 Å². The molecule has 0 bridgehead atoms. The summed E-state index contributed by atoms with van der Waals surface area (Å²) in [7, 11) is -1.45. The molecule has 0 aromatic heterocycles. The number of nitrogens with one attached hydrogen (secondary N) is 1. The van der Waals surface area contributed by atoms with Crippen LogP contribution in [-0.4, -0.2) is 58.5 Å². The number of hydrogen-bond acceptors (Lipinski definition) is 6. The van der Waals surface area contributed by atoms with E-state index in [1.165, 1.54) is 61.6 Å². The molecule has 0 heterocycles. The van der Waals surface area contributed by atoms with Gasteiger partial charge < -0.3 is 19.7 Å². The molecule has 1 atom stereocenters. The Kier molecular flexibility index (Phi) is 11.3. The van der Waals surface area contributed by atoms with Gasteiger partial charge in [-0.15, -0.1) is 0 Å². The van der Waals surface area contributed by atoms with Gasteiger partial charge in [0, 0.05) is 19.2 Å². The van der Waals surface area contributed by atoms with E-state index >= 15 is 0 Å². The average molecular weight is 600 g/mol. The summed E-state index contributed by atoms with van der Waals surface area (Å²) >= 11 is 0. The number of halogens is 1. The van der Waals surface area contributed by atoms with Crippen LogP contribution in [0.5, 0.6) is 11.5 Å². The van der Waals surface area contributed by atoms with Crippen LogP contribution in [0, 0.1) is 12.7 Å². The molecular weight excluding hydrogens is 561 g/mol. The minimum atomic E-state index is -4.29. The second-order valence-electron chi connectivity index (χ2n) is 9.83.